The lowest BCUT2D eigenvalue weighted by Crippen LogP contribution is -2.36. The molecule has 0 aliphatic heterocycles. The molecule has 0 aliphatic carbocycles. The molecule has 3 nitrogen and oxygen atoms in total. The number of carbonyl (C=O) groups excluding carboxylic acids is 1. The molecule has 0 spiro atoms. The van der Waals surface area contributed by atoms with Gasteiger partial charge < -0.3 is 10.4 Å². The summed E-state index contributed by atoms with van der Waals surface area (Å²) in [7, 11) is 0. The van der Waals surface area contributed by atoms with Crippen molar-refractivity contribution in [2.75, 3.05) is 5.32 Å². The maximum absolute atomic E-state index is 11.5. The van der Waals surface area contributed by atoms with E-state index in [1.54, 1.807) is 12.1 Å². The molecule has 1 aromatic carbocycles. The summed E-state index contributed by atoms with van der Waals surface area (Å²) in [4.78, 5) is 11.5. The lowest BCUT2D eigenvalue weighted by atomic mass is 10.1. The molecule has 0 heterocycles. The number of hydrogen-bond donors (Lipinski definition) is 2. The monoisotopic (exact) mass is 325 g/mol. The third-order valence-electron chi connectivity index (χ3n) is 1.80. The van der Waals surface area contributed by atoms with Crippen LogP contribution in [-0.4, -0.2) is 16.6 Å². The minimum Gasteiger partial charge on any atom is -0.381 e. The Morgan fingerprint density at radius 2 is 1.81 bits per heavy atom. The third-order valence-corrected chi connectivity index (χ3v) is 2.86. The summed E-state index contributed by atoms with van der Waals surface area (Å²) in [5.41, 5.74) is -1.20. The van der Waals surface area contributed by atoms with Crippen LogP contribution in [0.15, 0.2) is 16.6 Å². The lowest BCUT2D eigenvalue weighted by Gasteiger charge is -2.18. The molecule has 2 N–H and O–H groups in total. The molecular weight excluding hydrogens is 317 g/mol. The lowest BCUT2D eigenvalue weighted by molar-refractivity contribution is -0.130. The Kier molecular flexibility index (Phi) is 4.23. The average Bonchev–Trinajstić information content (AvgIpc) is 2.08. The molecule has 0 saturated carbocycles. The fourth-order valence-corrected chi connectivity index (χ4v) is 2.23. The van der Waals surface area contributed by atoms with Gasteiger partial charge in [-0.05, 0) is 26.0 Å². The number of nitrogens with one attached hydrogen (secondary N) is 1. The Hall–Kier alpha value is -0.290. The Morgan fingerprint density at radius 1 is 1.38 bits per heavy atom. The highest BCUT2D eigenvalue weighted by atomic mass is 79.9. The zero-order valence-corrected chi connectivity index (χ0v) is 11.7. The summed E-state index contributed by atoms with van der Waals surface area (Å²) in [6.07, 6.45) is 0. The van der Waals surface area contributed by atoms with Crippen molar-refractivity contribution in [2.24, 2.45) is 0 Å². The first-order valence-electron chi connectivity index (χ1n) is 4.40. The fourth-order valence-electron chi connectivity index (χ4n) is 0.928. The van der Waals surface area contributed by atoms with Crippen LogP contribution in [-0.2, 0) is 4.79 Å². The van der Waals surface area contributed by atoms with Crippen molar-refractivity contribution in [2.45, 2.75) is 19.4 Å². The number of amides is 1. The van der Waals surface area contributed by atoms with E-state index in [0.717, 1.165) is 0 Å². The van der Waals surface area contributed by atoms with Crippen LogP contribution in [0.1, 0.15) is 13.8 Å². The summed E-state index contributed by atoms with van der Waals surface area (Å²) in [6.45, 7) is 2.76. The number of anilines is 1. The largest absolute Gasteiger partial charge is 0.381 e. The number of halogens is 3. The van der Waals surface area contributed by atoms with E-state index in [0.29, 0.717) is 20.2 Å². The summed E-state index contributed by atoms with van der Waals surface area (Å²) in [6, 6.07) is 3.21. The normalized spacial score (nSPS) is 11.4. The van der Waals surface area contributed by atoms with Crippen LogP contribution < -0.4 is 5.32 Å². The molecular formula is C10H10BrCl2NO2. The quantitative estimate of drug-likeness (QED) is 0.874. The Labute approximate surface area is 112 Å². The predicted octanol–water partition coefficient (Wildman–Crippen LogP) is 3.47. The first-order valence-corrected chi connectivity index (χ1v) is 5.95. The van der Waals surface area contributed by atoms with Crippen LogP contribution in [0.2, 0.25) is 10.0 Å². The minimum absolute atomic E-state index is 0.290. The first kappa shape index (κ1) is 13.8. The Bertz CT molecular complexity index is 406. The molecule has 0 saturated heterocycles. The van der Waals surface area contributed by atoms with Gasteiger partial charge in [0.15, 0.2) is 0 Å². The zero-order valence-electron chi connectivity index (χ0n) is 8.64. The van der Waals surface area contributed by atoms with E-state index in [1.165, 1.54) is 13.8 Å². The predicted molar refractivity (Wildman–Crippen MR) is 69.1 cm³/mol. The maximum atomic E-state index is 11.5. The van der Waals surface area contributed by atoms with Gasteiger partial charge in [-0.15, -0.1) is 0 Å². The smallest absolute Gasteiger partial charge is 0.255 e. The molecule has 0 unspecified atom stereocenters. The molecule has 0 fully saturated rings. The summed E-state index contributed by atoms with van der Waals surface area (Å²) < 4.78 is 0.712. The SMILES string of the molecule is CC(C)(O)C(=O)Nc1c(Cl)cc(Br)cc1Cl. The summed E-state index contributed by atoms with van der Waals surface area (Å²) in [5.74, 6) is -0.571. The van der Waals surface area contributed by atoms with Crippen molar-refractivity contribution in [1.82, 2.24) is 0 Å². The van der Waals surface area contributed by atoms with E-state index in [-0.39, 0.29) is 0 Å². The highest BCUT2D eigenvalue weighted by Gasteiger charge is 2.25. The molecule has 1 rings (SSSR count). The van der Waals surface area contributed by atoms with Gasteiger partial charge in [0.25, 0.3) is 5.91 Å². The highest BCUT2D eigenvalue weighted by Crippen LogP contribution is 2.34. The first-order chi connectivity index (χ1) is 7.21. The number of hydrogen-bond acceptors (Lipinski definition) is 2. The standard InChI is InChI=1S/C10H10BrCl2NO2/c1-10(2,16)9(15)14-8-6(12)3-5(11)4-7(8)13/h3-4,16H,1-2H3,(H,14,15). The minimum atomic E-state index is -1.49. The average molecular weight is 327 g/mol. The van der Waals surface area contributed by atoms with Gasteiger partial charge in [0.1, 0.15) is 5.60 Å². The van der Waals surface area contributed by atoms with Crippen LogP contribution >= 0.6 is 39.1 Å². The molecule has 0 radical (unpaired) electrons. The van der Waals surface area contributed by atoms with Crippen molar-refractivity contribution < 1.29 is 9.90 Å². The number of benzene rings is 1. The van der Waals surface area contributed by atoms with Crippen LogP contribution in [0.25, 0.3) is 0 Å². The summed E-state index contributed by atoms with van der Waals surface area (Å²) in [5, 5.41) is 12.6. The van der Waals surface area contributed by atoms with Gasteiger partial charge in [0.2, 0.25) is 0 Å². The van der Waals surface area contributed by atoms with Crippen LogP contribution in [0, 0.1) is 0 Å². The van der Waals surface area contributed by atoms with Crippen LogP contribution in [0.3, 0.4) is 0 Å². The van der Waals surface area contributed by atoms with Gasteiger partial charge in [-0.3, -0.25) is 4.79 Å². The van der Waals surface area contributed by atoms with Gasteiger partial charge in [0, 0.05) is 4.47 Å². The Morgan fingerprint density at radius 3 is 2.19 bits per heavy atom. The van der Waals surface area contributed by atoms with E-state index in [9.17, 15) is 9.90 Å². The molecule has 1 amide bonds. The molecule has 88 valence electrons. The maximum Gasteiger partial charge on any atom is 0.255 e. The zero-order chi connectivity index (χ0) is 12.5. The second-order valence-electron chi connectivity index (χ2n) is 3.76. The molecule has 0 aliphatic rings. The van der Waals surface area contributed by atoms with Crippen LogP contribution in [0.5, 0.6) is 0 Å². The molecule has 16 heavy (non-hydrogen) atoms. The van der Waals surface area contributed by atoms with Gasteiger partial charge in [-0.2, -0.15) is 0 Å². The van der Waals surface area contributed by atoms with Crippen molar-refractivity contribution in [1.29, 1.82) is 0 Å². The van der Waals surface area contributed by atoms with Crippen molar-refractivity contribution in [3.8, 4) is 0 Å². The van der Waals surface area contributed by atoms with E-state index < -0.39 is 11.5 Å². The Balaban J connectivity index is 3.03. The molecule has 0 bridgehead atoms. The summed E-state index contributed by atoms with van der Waals surface area (Å²) >= 11 is 15.1. The number of rotatable bonds is 2. The third kappa shape index (κ3) is 3.35. The van der Waals surface area contributed by atoms with E-state index >= 15 is 0 Å². The topological polar surface area (TPSA) is 49.3 Å². The van der Waals surface area contributed by atoms with E-state index in [1.807, 2.05) is 0 Å². The number of carbonyl (C=O) groups is 1. The highest BCUT2D eigenvalue weighted by molar-refractivity contribution is 9.10. The van der Waals surface area contributed by atoms with E-state index in [2.05, 4.69) is 21.2 Å². The van der Waals surface area contributed by atoms with E-state index in [4.69, 9.17) is 23.2 Å². The van der Waals surface area contributed by atoms with Gasteiger partial charge in [-0.1, -0.05) is 39.1 Å². The second kappa shape index (κ2) is 4.92. The molecule has 6 heteroatoms. The van der Waals surface area contributed by atoms with Gasteiger partial charge >= 0.3 is 0 Å². The van der Waals surface area contributed by atoms with Crippen molar-refractivity contribution in [3.05, 3.63) is 26.7 Å². The van der Waals surface area contributed by atoms with Crippen LogP contribution in [0.4, 0.5) is 5.69 Å². The second-order valence-corrected chi connectivity index (χ2v) is 5.49. The van der Waals surface area contributed by atoms with Crippen molar-refractivity contribution >= 4 is 50.7 Å². The fraction of sp³-hybridized carbons (Fsp3) is 0.300. The molecule has 1 aromatic rings. The van der Waals surface area contributed by atoms with Gasteiger partial charge in [-0.25, -0.2) is 0 Å². The number of aliphatic hydroxyl groups is 1. The molecule has 0 aromatic heterocycles. The molecule has 0 atom stereocenters. The van der Waals surface area contributed by atoms with Crippen molar-refractivity contribution in [3.63, 3.8) is 0 Å². The van der Waals surface area contributed by atoms with Gasteiger partial charge in [0.05, 0.1) is 15.7 Å².